The number of rotatable bonds is 3. The summed E-state index contributed by atoms with van der Waals surface area (Å²) >= 11 is 6.39. The third-order valence-corrected chi connectivity index (χ3v) is 4.55. The maximum Gasteiger partial charge on any atom is 0.0986 e. The van der Waals surface area contributed by atoms with E-state index in [9.17, 15) is 0 Å². The Hall–Kier alpha value is -2.17. The molecule has 1 aliphatic rings. The maximum atomic E-state index is 6.39. The van der Waals surface area contributed by atoms with Crippen molar-refractivity contribution in [1.82, 2.24) is 20.1 Å². The minimum Gasteiger partial charge on any atom is -0.312 e. The van der Waals surface area contributed by atoms with Gasteiger partial charge in [0.25, 0.3) is 0 Å². The van der Waals surface area contributed by atoms with Crippen molar-refractivity contribution in [3.63, 3.8) is 0 Å². The molecule has 0 unspecified atom stereocenters. The lowest BCUT2D eigenvalue weighted by Gasteiger charge is -2.16. The molecule has 23 heavy (non-hydrogen) atoms. The molecule has 5 heteroatoms. The topological polar surface area (TPSA) is 42.7 Å². The van der Waals surface area contributed by atoms with Crippen molar-refractivity contribution < 1.29 is 0 Å². The van der Waals surface area contributed by atoms with Crippen molar-refractivity contribution in [2.24, 2.45) is 0 Å². The molecule has 0 spiro atoms. The van der Waals surface area contributed by atoms with E-state index in [1.165, 1.54) is 16.8 Å². The highest BCUT2D eigenvalue weighted by molar-refractivity contribution is 6.33. The molecular weight excluding hydrogens is 308 g/mol. The van der Waals surface area contributed by atoms with E-state index in [1.807, 2.05) is 48.8 Å². The molecule has 0 fully saturated rings. The fourth-order valence-electron chi connectivity index (χ4n) is 3.08. The van der Waals surface area contributed by atoms with Gasteiger partial charge in [-0.05, 0) is 23.8 Å². The number of halogens is 1. The Morgan fingerprint density at radius 3 is 2.78 bits per heavy atom. The highest BCUT2D eigenvalue weighted by Gasteiger charge is 2.22. The Morgan fingerprint density at radius 1 is 1.13 bits per heavy atom. The van der Waals surface area contributed by atoms with E-state index in [2.05, 4.69) is 15.0 Å². The van der Waals surface area contributed by atoms with Gasteiger partial charge in [0.1, 0.15) is 0 Å². The van der Waals surface area contributed by atoms with Gasteiger partial charge in [0, 0.05) is 48.7 Å². The average Bonchev–Trinajstić information content (AvgIpc) is 2.95. The minimum absolute atomic E-state index is 0.745. The van der Waals surface area contributed by atoms with Crippen molar-refractivity contribution in [2.75, 3.05) is 6.54 Å². The first-order chi connectivity index (χ1) is 11.3. The average molecular weight is 325 g/mol. The van der Waals surface area contributed by atoms with Crippen molar-refractivity contribution in [3.05, 3.63) is 70.6 Å². The summed E-state index contributed by atoms with van der Waals surface area (Å²) in [5.74, 6) is 0. The maximum absolute atomic E-state index is 6.39. The second-order valence-electron chi connectivity index (χ2n) is 5.69. The first kappa shape index (κ1) is 14.4. The molecule has 0 atom stereocenters. The molecule has 1 N–H and O–H groups in total. The molecule has 0 saturated heterocycles. The van der Waals surface area contributed by atoms with Crippen LogP contribution in [0.4, 0.5) is 0 Å². The van der Waals surface area contributed by atoms with Crippen LogP contribution in [0.5, 0.6) is 0 Å². The molecule has 3 heterocycles. The number of nitrogens with zero attached hydrogens (tertiary/aromatic N) is 3. The first-order valence-electron chi connectivity index (χ1n) is 7.76. The van der Waals surface area contributed by atoms with E-state index < -0.39 is 0 Å². The molecule has 116 valence electrons. The van der Waals surface area contributed by atoms with E-state index in [0.29, 0.717) is 0 Å². The SMILES string of the molecule is Clc1ccccc1-c1nn(Cc2ccncc2)c2c1CNCC2. The number of pyridine rings is 1. The fourth-order valence-corrected chi connectivity index (χ4v) is 3.31. The van der Waals surface area contributed by atoms with E-state index in [0.717, 1.165) is 42.3 Å². The molecule has 1 aliphatic heterocycles. The number of hydrogen-bond donors (Lipinski definition) is 1. The summed E-state index contributed by atoms with van der Waals surface area (Å²) in [4.78, 5) is 4.08. The lowest BCUT2D eigenvalue weighted by Crippen LogP contribution is -2.25. The lowest BCUT2D eigenvalue weighted by molar-refractivity contribution is 0.582. The van der Waals surface area contributed by atoms with E-state index >= 15 is 0 Å². The number of aromatic nitrogens is 3. The van der Waals surface area contributed by atoms with Gasteiger partial charge in [-0.1, -0.05) is 29.8 Å². The third kappa shape index (κ3) is 2.76. The van der Waals surface area contributed by atoms with Gasteiger partial charge in [-0.2, -0.15) is 5.10 Å². The third-order valence-electron chi connectivity index (χ3n) is 4.22. The van der Waals surface area contributed by atoms with Gasteiger partial charge in [0.15, 0.2) is 0 Å². The summed E-state index contributed by atoms with van der Waals surface area (Å²) in [6, 6.07) is 12.0. The highest BCUT2D eigenvalue weighted by atomic mass is 35.5. The van der Waals surface area contributed by atoms with Crippen LogP contribution in [-0.4, -0.2) is 21.3 Å². The number of fused-ring (bicyclic) bond motifs is 1. The van der Waals surface area contributed by atoms with Gasteiger partial charge in [-0.25, -0.2) is 0 Å². The number of benzene rings is 1. The molecule has 0 amide bonds. The van der Waals surface area contributed by atoms with Gasteiger partial charge in [0.2, 0.25) is 0 Å². The van der Waals surface area contributed by atoms with Crippen molar-refractivity contribution in [3.8, 4) is 11.3 Å². The summed E-state index contributed by atoms with van der Waals surface area (Å²) < 4.78 is 2.12. The van der Waals surface area contributed by atoms with Crippen LogP contribution >= 0.6 is 11.6 Å². The van der Waals surface area contributed by atoms with Gasteiger partial charge < -0.3 is 5.32 Å². The quantitative estimate of drug-likeness (QED) is 0.804. The zero-order valence-electron chi connectivity index (χ0n) is 12.7. The monoisotopic (exact) mass is 324 g/mol. The van der Waals surface area contributed by atoms with Crippen molar-refractivity contribution in [2.45, 2.75) is 19.5 Å². The summed E-state index contributed by atoms with van der Waals surface area (Å²) in [7, 11) is 0. The molecule has 3 aromatic rings. The van der Waals surface area contributed by atoms with Gasteiger partial charge in [0.05, 0.1) is 17.3 Å². The van der Waals surface area contributed by atoms with Crippen LogP contribution in [0.25, 0.3) is 11.3 Å². The van der Waals surface area contributed by atoms with Crippen LogP contribution in [0.1, 0.15) is 16.8 Å². The number of hydrogen-bond acceptors (Lipinski definition) is 3. The molecule has 0 saturated carbocycles. The van der Waals surface area contributed by atoms with Crippen LogP contribution in [0.2, 0.25) is 5.02 Å². The Kier molecular flexibility index (Phi) is 3.85. The fraction of sp³-hybridized carbons (Fsp3) is 0.222. The van der Waals surface area contributed by atoms with Gasteiger partial charge in [-0.3, -0.25) is 9.67 Å². The molecular formula is C18H17ClN4. The lowest BCUT2D eigenvalue weighted by atomic mass is 10.0. The van der Waals surface area contributed by atoms with E-state index in [4.69, 9.17) is 16.7 Å². The summed E-state index contributed by atoms with van der Waals surface area (Å²) in [5, 5.41) is 9.08. The zero-order chi connectivity index (χ0) is 15.6. The molecule has 1 aromatic carbocycles. The molecule has 4 nitrogen and oxygen atoms in total. The summed E-state index contributed by atoms with van der Waals surface area (Å²) in [5.41, 5.74) is 5.76. The van der Waals surface area contributed by atoms with E-state index in [-0.39, 0.29) is 0 Å². The Bertz CT molecular complexity index is 826. The van der Waals surface area contributed by atoms with Crippen LogP contribution in [0, 0.1) is 0 Å². The van der Waals surface area contributed by atoms with Crippen LogP contribution < -0.4 is 5.32 Å². The zero-order valence-corrected chi connectivity index (χ0v) is 13.4. The Labute approximate surface area is 140 Å². The van der Waals surface area contributed by atoms with Crippen LogP contribution in [0.15, 0.2) is 48.8 Å². The van der Waals surface area contributed by atoms with Crippen molar-refractivity contribution in [1.29, 1.82) is 0 Å². The number of nitrogens with one attached hydrogen (secondary N) is 1. The standard InChI is InChI=1S/C18H17ClN4/c19-16-4-2-1-3-14(16)18-15-11-21-10-7-17(15)23(22-18)12-13-5-8-20-9-6-13/h1-6,8-9,21H,7,10-12H2. The largest absolute Gasteiger partial charge is 0.312 e. The Morgan fingerprint density at radius 2 is 1.96 bits per heavy atom. The van der Waals surface area contributed by atoms with Crippen LogP contribution in [0.3, 0.4) is 0 Å². The van der Waals surface area contributed by atoms with Crippen LogP contribution in [-0.2, 0) is 19.5 Å². The molecule has 0 aliphatic carbocycles. The smallest absolute Gasteiger partial charge is 0.0986 e. The second kappa shape index (κ2) is 6.14. The normalized spacial score (nSPS) is 13.8. The molecule has 0 radical (unpaired) electrons. The van der Waals surface area contributed by atoms with Gasteiger partial charge >= 0.3 is 0 Å². The molecule has 0 bridgehead atoms. The summed E-state index contributed by atoms with van der Waals surface area (Å²) in [6.45, 7) is 2.58. The first-order valence-corrected chi connectivity index (χ1v) is 8.14. The molecule has 2 aromatic heterocycles. The summed E-state index contributed by atoms with van der Waals surface area (Å²) in [6.07, 6.45) is 4.63. The Balaban J connectivity index is 1.80. The minimum atomic E-state index is 0.745. The highest BCUT2D eigenvalue weighted by Crippen LogP contribution is 2.32. The van der Waals surface area contributed by atoms with E-state index in [1.54, 1.807) is 0 Å². The van der Waals surface area contributed by atoms with Crippen molar-refractivity contribution >= 4 is 11.6 Å². The van der Waals surface area contributed by atoms with Gasteiger partial charge in [-0.15, -0.1) is 0 Å². The second-order valence-corrected chi connectivity index (χ2v) is 6.10. The molecule has 4 rings (SSSR count). The predicted octanol–water partition coefficient (Wildman–Crippen LogP) is 3.29. The predicted molar refractivity (Wildman–Crippen MR) is 91.4 cm³/mol.